The van der Waals surface area contributed by atoms with E-state index in [4.69, 9.17) is 14.0 Å². The molecule has 126 valence electrons. The van der Waals surface area contributed by atoms with Gasteiger partial charge in [-0.2, -0.15) is 4.98 Å². The predicted octanol–water partition coefficient (Wildman–Crippen LogP) is 0.876. The van der Waals surface area contributed by atoms with Crippen LogP contribution < -0.4 is 10.6 Å². The van der Waals surface area contributed by atoms with Crippen LogP contribution in [0.25, 0.3) is 0 Å². The van der Waals surface area contributed by atoms with Gasteiger partial charge in [0.25, 0.3) is 0 Å². The Labute approximate surface area is 131 Å². The van der Waals surface area contributed by atoms with Gasteiger partial charge in [0.15, 0.2) is 11.8 Å². The first kappa shape index (κ1) is 18.4. The van der Waals surface area contributed by atoms with Gasteiger partial charge in [0.2, 0.25) is 5.89 Å². The Morgan fingerprint density at radius 2 is 1.95 bits per heavy atom. The Bertz CT molecular complexity index is 422. The molecule has 0 aliphatic carbocycles. The fourth-order valence-corrected chi connectivity index (χ4v) is 1.61. The minimum absolute atomic E-state index is 0.461. The number of aliphatic imine (C=N–C) groups is 1. The van der Waals surface area contributed by atoms with Gasteiger partial charge in [-0.25, -0.2) is 0 Å². The number of unbranched alkanes of at least 4 members (excludes halogenated alkanes) is 1. The van der Waals surface area contributed by atoms with Crippen molar-refractivity contribution in [3.8, 4) is 0 Å². The van der Waals surface area contributed by atoms with Crippen molar-refractivity contribution < 1.29 is 14.0 Å². The molecule has 0 saturated heterocycles. The van der Waals surface area contributed by atoms with Crippen LogP contribution in [0.3, 0.4) is 0 Å². The van der Waals surface area contributed by atoms with Crippen molar-refractivity contribution in [1.29, 1.82) is 0 Å². The molecule has 0 atom stereocenters. The van der Waals surface area contributed by atoms with Crippen LogP contribution in [0.2, 0.25) is 0 Å². The number of hydrogen-bond acceptors (Lipinski definition) is 6. The molecule has 1 aromatic rings. The van der Waals surface area contributed by atoms with E-state index < -0.39 is 0 Å². The van der Waals surface area contributed by atoms with Crippen molar-refractivity contribution in [2.75, 3.05) is 40.0 Å². The first-order chi connectivity index (χ1) is 10.8. The quantitative estimate of drug-likeness (QED) is 0.356. The summed E-state index contributed by atoms with van der Waals surface area (Å²) in [5, 5.41) is 10.0. The first-order valence-corrected chi connectivity index (χ1v) is 7.65. The van der Waals surface area contributed by atoms with Gasteiger partial charge in [0.1, 0.15) is 0 Å². The molecule has 8 heteroatoms. The Hall–Kier alpha value is -1.67. The monoisotopic (exact) mass is 313 g/mol. The minimum Gasteiger partial charge on any atom is -0.379 e. The summed E-state index contributed by atoms with van der Waals surface area (Å²) in [6, 6.07) is 0. The summed E-state index contributed by atoms with van der Waals surface area (Å²) < 4.78 is 15.8. The van der Waals surface area contributed by atoms with E-state index in [0.29, 0.717) is 50.6 Å². The fourth-order valence-electron chi connectivity index (χ4n) is 1.61. The lowest BCUT2D eigenvalue weighted by Crippen LogP contribution is -2.38. The molecule has 0 aromatic carbocycles. The van der Waals surface area contributed by atoms with E-state index in [9.17, 15) is 0 Å². The van der Waals surface area contributed by atoms with Crippen molar-refractivity contribution in [3.05, 3.63) is 11.7 Å². The van der Waals surface area contributed by atoms with E-state index in [1.807, 2.05) is 0 Å². The molecule has 0 aliphatic rings. The largest absolute Gasteiger partial charge is 0.379 e. The van der Waals surface area contributed by atoms with Gasteiger partial charge in [-0.1, -0.05) is 18.5 Å². The molecule has 1 aromatic heterocycles. The molecule has 0 amide bonds. The Morgan fingerprint density at radius 3 is 2.59 bits per heavy atom. The number of hydrogen-bond donors (Lipinski definition) is 2. The van der Waals surface area contributed by atoms with Crippen LogP contribution in [0.15, 0.2) is 9.52 Å². The lowest BCUT2D eigenvalue weighted by atomic mass is 10.4. The number of ether oxygens (including phenoxy) is 2. The molecule has 22 heavy (non-hydrogen) atoms. The maximum atomic E-state index is 5.46. The third-order valence-electron chi connectivity index (χ3n) is 2.76. The summed E-state index contributed by atoms with van der Waals surface area (Å²) in [5.74, 6) is 1.82. The topological polar surface area (TPSA) is 93.8 Å². The van der Waals surface area contributed by atoms with E-state index in [-0.39, 0.29) is 0 Å². The molecule has 2 N–H and O–H groups in total. The Kier molecular flexibility index (Phi) is 9.97. The van der Waals surface area contributed by atoms with Crippen LogP contribution in [0, 0.1) is 6.92 Å². The Morgan fingerprint density at radius 1 is 1.18 bits per heavy atom. The van der Waals surface area contributed by atoms with Crippen LogP contribution in [-0.4, -0.2) is 56.1 Å². The number of rotatable bonds is 11. The summed E-state index contributed by atoms with van der Waals surface area (Å²) in [6.45, 7) is 7.69. The van der Waals surface area contributed by atoms with E-state index in [1.165, 1.54) is 0 Å². The zero-order valence-corrected chi connectivity index (χ0v) is 13.7. The highest BCUT2D eigenvalue weighted by Crippen LogP contribution is 1.93. The summed E-state index contributed by atoms with van der Waals surface area (Å²) in [5.41, 5.74) is 0. The SMILES string of the molecule is CCCCOCCOCCNC(=NC)NCc1noc(C)n1. The molecular formula is C14H27N5O3. The van der Waals surface area contributed by atoms with Gasteiger partial charge in [-0.3, -0.25) is 4.99 Å². The van der Waals surface area contributed by atoms with Crippen LogP contribution in [0.4, 0.5) is 0 Å². The highest BCUT2D eigenvalue weighted by atomic mass is 16.5. The smallest absolute Gasteiger partial charge is 0.223 e. The molecule has 0 unspecified atom stereocenters. The van der Waals surface area contributed by atoms with E-state index >= 15 is 0 Å². The lowest BCUT2D eigenvalue weighted by molar-refractivity contribution is 0.0487. The van der Waals surface area contributed by atoms with Crippen LogP contribution in [-0.2, 0) is 16.0 Å². The molecule has 0 fully saturated rings. The average molecular weight is 313 g/mol. The molecule has 0 radical (unpaired) electrons. The fraction of sp³-hybridized carbons (Fsp3) is 0.786. The van der Waals surface area contributed by atoms with Crippen molar-refractivity contribution in [1.82, 2.24) is 20.8 Å². The molecule has 1 heterocycles. The standard InChI is InChI=1S/C14H27N5O3/c1-4-5-7-20-9-10-21-8-6-16-14(15-3)17-11-13-18-12(2)22-19-13/h4-11H2,1-3H3,(H2,15,16,17). The second-order valence-electron chi connectivity index (χ2n) is 4.66. The number of guanidine groups is 1. The second-order valence-corrected chi connectivity index (χ2v) is 4.66. The maximum absolute atomic E-state index is 5.46. The summed E-state index contributed by atoms with van der Waals surface area (Å²) in [7, 11) is 1.71. The summed E-state index contributed by atoms with van der Waals surface area (Å²) in [4.78, 5) is 8.21. The lowest BCUT2D eigenvalue weighted by Gasteiger charge is -2.10. The third kappa shape index (κ3) is 8.58. The van der Waals surface area contributed by atoms with Crippen LogP contribution in [0.1, 0.15) is 31.5 Å². The second kappa shape index (κ2) is 11.9. The molecule has 8 nitrogen and oxygen atoms in total. The molecule has 1 rings (SSSR count). The highest BCUT2D eigenvalue weighted by Gasteiger charge is 2.03. The van der Waals surface area contributed by atoms with E-state index in [1.54, 1.807) is 14.0 Å². The van der Waals surface area contributed by atoms with Gasteiger partial charge < -0.3 is 24.6 Å². The van der Waals surface area contributed by atoms with E-state index in [0.717, 1.165) is 19.4 Å². The predicted molar refractivity (Wildman–Crippen MR) is 83.8 cm³/mol. The first-order valence-electron chi connectivity index (χ1n) is 7.65. The number of aromatic nitrogens is 2. The molecular weight excluding hydrogens is 286 g/mol. The summed E-state index contributed by atoms with van der Waals surface area (Å²) >= 11 is 0. The minimum atomic E-state index is 0.461. The van der Waals surface area contributed by atoms with Crippen LogP contribution >= 0.6 is 0 Å². The van der Waals surface area contributed by atoms with Crippen molar-refractivity contribution in [3.63, 3.8) is 0 Å². The zero-order chi connectivity index (χ0) is 16.0. The summed E-state index contributed by atoms with van der Waals surface area (Å²) in [6.07, 6.45) is 2.25. The van der Waals surface area contributed by atoms with Crippen molar-refractivity contribution in [2.24, 2.45) is 4.99 Å². The zero-order valence-electron chi connectivity index (χ0n) is 13.7. The number of nitrogens with one attached hydrogen (secondary N) is 2. The molecule has 0 bridgehead atoms. The van der Waals surface area contributed by atoms with Crippen LogP contribution in [0.5, 0.6) is 0 Å². The maximum Gasteiger partial charge on any atom is 0.223 e. The van der Waals surface area contributed by atoms with Gasteiger partial charge in [-0.15, -0.1) is 0 Å². The number of nitrogens with zero attached hydrogens (tertiary/aromatic N) is 3. The van der Waals surface area contributed by atoms with Gasteiger partial charge >= 0.3 is 0 Å². The van der Waals surface area contributed by atoms with E-state index in [2.05, 4.69) is 32.7 Å². The Balaban J connectivity index is 2.00. The highest BCUT2D eigenvalue weighted by molar-refractivity contribution is 5.79. The average Bonchev–Trinajstić information content (AvgIpc) is 2.94. The van der Waals surface area contributed by atoms with Crippen molar-refractivity contribution >= 4 is 5.96 Å². The molecule has 0 spiro atoms. The van der Waals surface area contributed by atoms with Crippen molar-refractivity contribution in [2.45, 2.75) is 33.2 Å². The van der Waals surface area contributed by atoms with Gasteiger partial charge in [-0.05, 0) is 6.42 Å². The number of aryl methyl sites for hydroxylation is 1. The molecule has 0 saturated carbocycles. The van der Waals surface area contributed by atoms with Gasteiger partial charge in [0, 0.05) is 27.1 Å². The normalized spacial score (nSPS) is 11.7. The third-order valence-corrected chi connectivity index (χ3v) is 2.76. The van der Waals surface area contributed by atoms with Gasteiger partial charge in [0.05, 0.1) is 26.4 Å². The molecule has 0 aliphatic heterocycles.